The van der Waals surface area contributed by atoms with E-state index in [0.29, 0.717) is 24.3 Å². The summed E-state index contributed by atoms with van der Waals surface area (Å²) in [4.78, 5) is 3.14. The molecule has 2 fully saturated rings. The van der Waals surface area contributed by atoms with Crippen molar-refractivity contribution in [1.82, 2.24) is 9.78 Å². The molecule has 6 heteroatoms. The van der Waals surface area contributed by atoms with Gasteiger partial charge in [-0.3, -0.25) is 0 Å². The van der Waals surface area contributed by atoms with Gasteiger partial charge in [0.25, 0.3) is 0 Å². The number of hydrogen-bond donors (Lipinski definition) is 1. The molecule has 0 spiro atoms. The van der Waals surface area contributed by atoms with Crippen LogP contribution < -0.4 is 0 Å². The van der Waals surface area contributed by atoms with Crippen LogP contribution in [0.3, 0.4) is 0 Å². The first kappa shape index (κ1) is 22.2. The van der Waals surface area contributed by atoms with Crippen molar-refractivity contribution in [2.45, 2.75) is 52.4 Å². The number of para-hydroxylation sites is 1. The average Bonchev–Trinajstić information content (AvgIpc) is 3.37. The van der Waals surface area contributed by atoms with Crippen molar-refractivity contribution < 1.29 is 5.11 Å². The van der Waals surface area contributed by atoms with Crippen LogP contribution in [0.4, 0.5) is 0 Å². The number of aliphatic hydroxyl groups is 1. The van der Waals surface area contributed by atoms with E-state index in [0.717, 1.165) is 49.9 Å². The number of aromatic nitrogens is 2. The molecule has 5 rings (SSSR count). The van der Waals surface area contributed by atoms with Gasteiger partial charge >= 0.3 is 0 Å². The van der Waals surface area contributed by atoms with Gasteiger partial charge in [0.15, 0.2) is 0 Å². The Morgan fingerprint density at radius 2 is 2.03 bits per heavy atom. The Morgan fingerprint density at radius 1 is 1.24 bits per heavy atom. The Morgan fingerprint density at radius 3 is 2.76 bits per heavy atom. The molecule has 1 N–H and O–H groups in total. The predicted octanol–water partition coefficient (Wildman–Crippen LogP) is 5.89. The molecule has 1 aromatic carbocycles. The molecule has 174 valence electrons. The third kappa shape index (κ3) is 3.51. The molecule has 33 heavy (non-hydrogen) atoms. The van der Waals surface area contributed by atoms with Gasteiger partial charge in [0, 0.05) is 24.3 Å². The summed E-state index contributed by atoms with van der Waals surface area (Å²) in [6.07, 6.45) is 8.32. The van der Waals surface area contributed by atoms with Crippen LogP contribution in [0.25, 0.3) is 16.1 Å². The van der Waals surface area contributed by atoms with Gasteiger partial charge in [-0.15, -0.1) is 0 Å². The summed E-state index contributed by atoms with van der Waals surface area (Å²) in [5.74, 6) is 1.37. The van der Waals surface area contributed by atoms with Crippen LogP contribution in [0.2, 0.25) is 0 Å². The number of benzene rings is 1. The van der Waals surface area contributed by atoms with Crippen molar-refractivity contribution in [3.8, 4) is 5.69 Å². The maximum Gasteiger partial charge on any atom is 0.0665 e. The predicted molar refractivity (Wildman–Crippen MR) is 130 cm³/mol. The molecule has 2 aromatic rings. The second-order valence-electron chi connectivity index (χ2n) is 11.0. The molecular formula is C27H35N5O. The highest BCUT2D eigenvalue weighted by atomic mass is 16.3. The molecule has 0 radical (unpaired) electrons. The average molecular weight is 446 g/mol. The Kier molecular flexibility index (Phi) is 5.62. The summed E-state index contributed by atoms with van der Waals surface area (Å²) in [6.45, 7) is 9.87. The zero-order valence-corrected chi connectivity index (χ0v) is 19.8. The van der Waals surface area contributed by atoms with Crippen molar-refractivity contribution >= 4 is 0 Å². The summed E-state index contributed by atoms with van der Waals surface area (Å²) < 4.78 is 1.99. The van der Waals surface area contributed by atoms with Crippen LogP contribution in [0.5, 0.6) is 0 Å². The summed E-state index contributed by atoms with van der Waals surface area (Å²) in [5.41, 5.74) is 14.1. The number of fused-ring (bicyclic) bond motifs is 2. The van der Waals surface area contributed by atoms with Crippen LogP contribution in [0.15, 0.2) is 53.8 Å². The first-order valence-corrected chi connectivity index (χ1v) is 12.3. The molecule has 0 bridgehead atoms. The first-order valence-electron chi connectivity index (χ1n) is 12.3. The number of nitrogens with zero attached hydrogens (tertiary/aromatic N) is 5. The molecule has 6 atom stereocenters. The maximum absolute atomic E-state index is 10.5. The Balaban J connectivity index is 1.51. The molecule has 0 saturated heterocycles. The van der Waals surface area contributed by atoms with Gasteiger partial charge in [-0.2, -0.15) is 5.10 Å². The maximum atomic E-state index is 10.5. The largest absolute Gasteiger partial charge is 0.396 e. The Labute approximate surface area is 196 Å². The van der Waals surface area contributed by atoms with E-state index in [4.69, 9.17) is 10.6 Å². The van der Waals surface area contributed by atoms with Gasteiger partial charge in [0.2, 0.25) is 0 Å². The van der Waals surface area contributed by atoms with E-state index >= 15 is 0 Å². The van der Waals surface area contributed by atoms with Gasteiger partial charge in [0.05, 0.1) is 11.4 Å². The van der Waals surface area contributed by atoms with E-state index in [1.807, 2.05) is 22.9 Å². The second-order valence-corrected chi connectivity index (χ2v) is 11.0. The van der Waals surface area contributed by atoms with Gasteiger partial charge in [-0.05, 0) is 96.3 Å². The second kappa shape index (κ2) is 8.34. The molecule has 1 aromatic heterocycles. The number of allylic oxidation sites excluding steroid dienone is 1. The van der Waals surface area contributed by atoms with Crippen molar-refractivity contribution in [1.29, 1.82) is 0 Å². The standard InChI is InChI=1S/C27H35N5O/c1-18-9-10-23-22(15-29-31-28)24(11-12-26(18,23)2)27(3)14-19-16-32(21-7-5-4-6-8-21)30-25(19)13-20(27)17-33/h4-8,16,20,22-24,33H,1,9-15,17H2,2-3H3/t20-,22?,23?,24?,26?,27+/m1/s1. The normalized spacial score (nSPS) is 35.5. The van der Waals surface area contributed by atoms with E-state index in [9.17, 15) is 5.11 Å². The fourth-order valence-electron chi connectivity index (χ4n) is 7.60. The fraction of sp³-hybridized carbons (Fsp3) is 0.593. The quantitative estimate of drug-likeness (QED) is 0.269. The lowest BCUT2D eigenvalue weighted by Crippen LogP contribution is -2.52. The molecular weight excluding hydrogens is 410 g/mol. The smallest absolute Gasteiger partial charge is 0.0665 e. The molecule has 6 nitrogen and oxygen atoms in total. The minimum atomic E-state index is -0.0623. The highest BCUT2D eigenvalue weighted by molar-refractivity contribution is 5.35. The molecule has 3 aliphatic rings. The van der Waals surface area contributed by atoms with E-state index in [1.54, 1.807) is 0 Å². The van der Waals surface area contributed by atoms with Crippen LogP contribution >= 0.6 is 0 Å². The molecule has 2 saturated carbocycles. The molecule has 3 aliphatic carbocycles. The summed E-state index contributed by atoms with van der Waals surface area (Å²) >= 11 is 0. The molecule has 4 unspecified atom stereocenters. The number of aliphatic hydroxyl groups excluding tert-OH is 1. The topological polar surface area (TPSA) is 86.8 Å². The fourth-order valence-corrected chi connectivity index (χ4v) is 7.60. The van der Waals surface area contributed by atoms with Gasteiger partial charge in [-0.25, -0.2) is 4.68 Å². The third-order valence-corrected chi connectivity index (χ3v) is 9.66. The Bertz CT molecular complexity index is 1090. The monoisotopic (exact) mass is 445 g/mol. The van der Waals surface area contributed by atoms with Crippen LogP contribution in [-0.4, -0.2) is 28.0 Å². The van der Waals surface area contributed by atoms with E-state index in [-0.39, 0.29) is 23.4 Å². The zero-order chi connectivity index (χ0) is 23.2. The van der Waals surface area contributed by atoms with Gasteiger partial charge in [0.1, 0.15) is 0 Å². The van der Waals surface area contributed by atoms with Crippen molar-refractivity contribution in [3.63, 3.8) is 0 Å². The lowest BCUT2D eigenvalue weighted by atomic mass is 9.49. The highest BCUT2D eigenvalue weighted by Crippen LogP contribution is 2.63. The van der Waals surface area contributed by atoms with Crippen LogP contribution in [0, 0.1) is 34.5 Å². The number of azide groups is 1. The molecule has 0 amide bonds. The first-order chi connectivity index (χ1) is 15.9. The van der Waals surface area contributed by atoms with Gasteiger partial charge in [-0.1, -0.05) is 49.3 Å². The van der Waals surface area contributed by atoms with Crippen molar-refractivity contribution in [2.75, 3.05) is 13.2 Å². The summed E-state index contributed by atoms with van der Waals surface area (Å²) in [7, 11) is 0. The van der Waals surface area contributed by atoms with Crippen molar-refractivity contribution in [2.24, 2.45) is 39.6 Å². The van der Waals surface area contributed by atoms with Gasteiger partial charge < -0.3 is 5.11 Å². The van der Waals surface area contributed by atoms with E-state index < -0.39 is 0 Å². The minimum Gasteiger partial charge on any atom is -0.396 e. The third-order valence-electron chi connectivity index (χ3n) is 9.66. The lowest BCUT2D eigenvalue weighted by Gasteiger charge is -2.55. The SMILES string of the molecule is C=C1CCC2C(CN=[N+]=[N-])C([C@@]3(C)Cc4cn(-c5ccccc5)nc4C[C@@H]3CO)CCC12C. The van der Waals surface area contributed by atoms with Crippen molar-refractivity contribution in [3.05, 3.63) is 70.4 Å². The molecule has 1 heterocycles. The lowest BCUT2D eigenvalue weighted by molar-refractivity contribution is -0.0535. The molecule has 0 aliphatic heterocycles. The Hall–Kier alpha value is -2.56. The number of rotatable bonds is 5. The van der Waals surface area contributed by atoms with E-state index in [1.165, 1.54) is 11.1 Å². The van der Waals surface area contributed by atoms with Crippen LogP contribution in [0.1, 0.15) is 50.8 Å². The summed E-state index contributed by atoms with van der Waals surface area (Å²) in [6, 6.07) is 10.2. The zero-order valence-electron chi connectivity index (χ0n) is 19.8. The van der Waals surface area contributed by atoms with E-state index in [2.05, 4.69) is 48.8 Å². The minimum absolute atomic E-state index is 0.0623. The van der Waals surface area contributed by atoms with Crippen LogP contribution in [-0.2, 0) is 12.8 Å². The summed E-state index contributed by atoms with van der Waals surface area (Å²) in [5, 5.41) is 19.5. The number of hydrogen-bond acceptors (Lipinski definition) is 3. The highest BCUT2D eigenvalue weighted by Gasteiger charge is 2.56.